The van der Waals surface area contributed by atoms with Crippen LogP contribution in [0.1, 0.15) is 79.5 Å². The minimum Gasteiger partial charge on any atom is -0.361 e. The number of hydrogen-bond donors (Lipinski definition) is 1. The second-order valence-corrected chi connectivity index (χ2v) is 18.6. The average molecular weight is 908 g/mol. The van der Waals surface area contributed by atoms with Crippen LogP contribution in [0.5, 0.6) is 0 Å². The van der Waals surface area contributed by atoms with E-state index in [0.717, 1.165) is 60.0 Å². The maximum absolute atomic E-state index is 14.5. The molecular formula is C65H62FNS. The van der Waals surface area contributed by atoms with Crippen LogP contribution in [0.15, 0.2) is 201 Å². The molecule has 1 N–H and O–H groups in total. The van der Waals surface area contributed by atoms with Crippen molar-refractivity contribution in [2.45, 2.75) is 59.3 Å². The van der Waals surface area contributed by atoms with Crippen molar-refractivity contribution in [3.63, 3.8) is 0 Å². The van der Waals surface area contributed by atoms with Crippen LogP contribution in [-0.4, -0.2) is 0 Å². The molecule has 2 aliphatic rings. The van der Waals surface area contributed by atoms with Gasteiger partial charge in [0, 0.05) is 16.3 Å². The molecule has 6 aromatic carbocycles. The van der Waals surface area contributed by atoms with Gasteiger partial charge in [-0.05, 0) is 147 Å². The molecule has 68 heavy (non-hydrogen) atoms. The van der Waals surface area contributed by atoms with E-state index in [0.29, 0.717) is 6.42 Å². The second-order valence-electron chi connectivity index (χ2n) is 17.6. The summed E-state index contributed by atoms with van der Waals surface area (Å²) in [5.41, 5.74) is 17.0. The Morgan fingerprint density at radius 1 is 0.721 bits per heavy atom. The minimum absolute atomic E-state index is 0.0807. The Kier molecular flexibility index (Phi) is 16.0. The van der Waals surface area contributed by atoms with Crippen LogP contribution in [0.25, 0.3) is 74.0 Å². The second kappa shape index (κ2) is 22.4. The zero-order valence-corrected chi connectivity index (χ0v) is 41.0. The lowest BCUT2D eigenvalue weighted by molar-refractivity contribution is 0.613. The molecule has 0 radical (unpaired) electrons. The largest absolute Gasteiger partial charge is 0.361 e. The maximum Gasteiger partial charge on any atom is 0.127 e. The molecule has 3 heteroatoms. The van der Waals surface area contributed by atoms with Gasteiger partial charge in [-0.1, -0.05) is 210 Å². The number of benzene rings is 6. The minimum atomic E-state index is -0.127. The molecule has 0 spiro atoms. The van der Waals surface area contributed by atoms with Gasteiger partial charge in [0.1, 0.15) is 5.82 Å². The summed E-state index contributed by atoms with van der Waals surface area (Å²) in [7, 11) is 0. The van der Waals surface area contributed by atoms with Gasteiger partial charge < -0.3 is 5.32 Å². The highest BCUT2D eigenvalue weighted by Gasteiger charge is 2.37. The number of nitrogens with one attached hydrogen (secondary N) is 1. The van der Waals surface area contributed by atoms with Crippen LogP contribution < -0.4 is 15.1 Å². The molecule has 0 aliphatic heterocycles. The van der Waals surface area contributed by atoms with Gasteiger partial charge in [-0.3, -0.25) is 0 Å². The van der Waals surface area contributed by atoms with Crippen LogP contribution in [0.3, 0.4) is 0 Å². The van der Waals surface area contributed by atoms with Crippen molar-refractivity contribution in [3.8, 4) is 33.4 Å². The van der Waals surface area contributed by atoms with E-state index in [1.807, 2.05) is 116 Å². The van der Waals surface area contributed by atoms with Gasteiger partial charge in [-0.15, -0.1) is 11.3 Å². The molecule has 1 aromatic heterocycles. The molecule has 9 rings (SSSR count). The smallest absolute Gasteiger partial charge is 0.127 e. The molecule has 0 fully saturated rings. The van der Waals surface area contributed by atoms with E-state index in [-0.39, 0.29) is 11.2 Å². The van der Waals surface area contributed by atoms with Gasteiger partial charge in [0.05, 0.1) is 10.2 Å². The third-order valence-corrected chi connectivity index (χ3v) is 13.9. The summed E-state index contributed by atoms with van der Waals surface area (Å²) < 4.78 is 16.8. The lowest BCUT2D eigenvalue weighted by Gasteiger charge is -2.23. The fraction of sp³-hybridized carbons (Fsp3) is 0.138. The molecule has 0 unspecified atom stereocenters. The summed E-state index contributed by atoms with van der Waals surface area (Å²) >= 11 is 1.73. The Balaban J connectivity index is 0.000000201. The van der Waals surface area contributed by atoms with E-state index < -0.39 is 0 Å². The van der Waals surface area contributed by atoms with Crippen molar-refractivity contribution in [2.24, 2.45) is 0 Å². The van der Waals surface area contributed by atoms with Crippen LogP contribution in [-0.2, 0) is 11.8 Å². The quantitative estimate of drug-likeness (QED) is 0.128. The van der Waals surface area contributed by atoms with Crippen molar-refractivity contribution in [1.82, 2.24) is 5.32 Å². The van der Waals surface area contributed by atoms with Gasteiger partial charge >= 0.3 is 0 Å². The summed E-state index contributed by atoms with van der Waals surface area (Å²) in [5, 5.41) is 5.58. The van der Waals surface area contributed by atoms with Crippen molar-refractivity contribution < 1.29 is 4.39 Å². The first kappa shape index (κ1) is 48.6. The number of hydrogen-bond acceptors (Lipinski definition) is 2. The van der Waals surface area contributed by atoms with E-state index in [2.05, 4.69) is 138 Å². The summed E-state index contributed by atoms with van der Waals surface area (Å²) in [6, 6.07) is 41.1. The molecule has 0 bridgehead atoms. The van der Waals surface area contributed by atoms with E-state index >= 15 is 0 Å². The number of allylic oxidation sites excluding steroid dienone is 8. The average Bonchev–Trinajstić information content (AvgIpc) is 3.81. The fourth-order valence-electron chi connectivity index (χ4n) is 9.07. The lowest BCUT2D eigenvalue weighted by Crippen LogP contribution is -2.24. The van der Waals surface area contributed by atoms with Crippen molar-refractivity contribution in [3.05, 3.63) is 256 Å². The number of rotatable bonds is 11. The lowest BCUT2D eigenvalue weighted by atomic mass is 9.80. The Morgan fingerprint density at radius 2 is 1.41 bits per heavy atom. The molecule has 0 amide bonds. The number of aryl methyl sites for hydroxylation is 1. The highest BCUT2D eigenvalue weighted by Crippen LogP contribution is 2.52. The highest BCUT2D eigenvalue weighted by molar-refractivity contribution is 7.17. The van der Waals surface area contributed by atoms with E-state index in [1.54, 1.807) is 17.4 Å². The van der Waals surface area contributed by atoms with E-state index in [1.165, 1.54) is 56.3 Å². The number of fused-ring (bicyclic) bond motifs is 4. The Morgan fingerprint density at radius 3 is 2.04 bits per heavy atom. The van der Waals surface area contributed by atoms with E-state index in [4.69, 9.17) is 0 Å². The molecule has 2 aliphatic carbocycles. The zero-order chi connectivity index (χ0) is 48.2. The van der Waals surface area contributed by atoms with Crippen LogP contribution in [0.4, 0.5) is 4.39 Å². The predicted molar refractivity (Wildman–Crippen MR) is 298 cm³/mol. The Bertz CT molecular complexity index is 3240. The molecule has 1 heterocycles. The third-order valence-electron chi connectivity index (χ3n) is 12.7. The first-order valence-corrected chi connectivity index (χ1v) is 24.3. The van der Waals surface area contributed by atoms with Crippen LogP contribution in [0, 0.1) is 12.7 Å². The molecule has 7 aromatic rings. The summed E-state index contributed by atoms with van der Waals surface area (Å²) in [6.45, 7) is 27.5. The topological polar surface area (TPSA) is 12.0 Å². The molecular weight excluding hydrogens is 846 g/mol. The highest BCUT2D eigenvalue weighted by atomic mass is 32.1. The van der Waals surface area contributed by atoms with Crippen LogP contribution in [0.2, 0.25) is 0 Å². The predicted octanol–water partition coefficient (Wildman–Crippen LogP) is 16.9. The monoisotopic (exact) mass is 907 g/mol. The van der Waals surface area contributed by atoms with Crippen molar-refractivity contribution in [2.75, 3.05) is 0 Å². The van der Waals surface area contributed by atoms with E-state index in [9.17, 15) is 4.39 Å². The number of halogens is 1. The van der Waals surface area contributed by atoms with Gasteiger partial charge in [0.25, 0.3) is 0 Å². The standard InChI is InChI=1S/C38H35NS.C20H17F.C7H10/c1-8-28-27(24-33-36(29(28)9-2)31-21-20-25(4)23-32(31)38(33,6)7)17-13-11-12-16-22-39-34(10-3)37-26(5)30-18-14-15-19-35(30)40-37;1-2-18-19(16-11-7-4-8-12-16)13-17(14-20(18)21)15-9-5-3-6-10-15;1-7-5-3-2-4-6-7/h8-24,39H,1-3,5H2,4,6-7H3;3-14H,2H2,1H3;3,5-6H,2,4H2,1H3/b12-11-,17-13-,22-16+,37-34-;;. The molecule has 0 saturated heterocycles. The summed E-state index contributed by atoms with van der Waals surface area (Å²) in [5.74, 6) is -0.127. The molecule has 340 valence electrons. The van der Waals surface area contributed by atoms with Crippen LogP contribution >= 0.6 is 11.3 Å². The fourth-order valence-corrected chi connectivity index (χ4v) is 10.2. The SMILES string of the molecule is C=C/C(N/C=C/C=C\C=C/c1cc2c(c(C=C)c1C=C)-c1ccc(C)cc1C2(C)C)=c1/sc2ccccc2c1=C.CC1=CCCC=C1.CCc1c(F)cc(-c2ccccc2)cc1-c1ccccc1. The molecule has 0 atom stereocenters. The normalized spacial score (nSPS) is 13.8. The molecule has 1 nitrogen and oxygen atoms in total. The summed E-state index contributed by atoms with van der Waals surface area (Å²) in [4.78, 5) is 0. The summed E-state index contributed by atoms with van der Waals surface area (Å²) in [6.07, 6.45) is 27.8. The Labute approximate surface area is 408 Å². The molecule has 0 saturated carbocycles. The maximum atomic E-state index is 14.5. The van der Waals surface area contributed by atoms with Gasteiger partial charge in [0.15, 0.2) is 0 Å². The number of thiophene rings is 1. The Hall–Kier alpha value is -7.33. The van der Waals surface area contributed by atoms with Crippen molar-refractivity contribution in [1.29, 1.82) is 0 Å². The first-order chi connectivity index (χ1) is 33.0. The van der Waals surface area contributed by atoms with Gasteiger partial charge in [-0.25, -0.2) is 4.39 Å². The third kappa shape index (κ3) is 10.8. The van der Waals surface area contributed by atoms with Gasteiger partial charge in [0.2, 0.25) is 0 Å². The van der Waals surface area contributed by atoms with Crippen molar-refractivity contribution >= 4 is 51.9 Å². The van der Waals surface area contributed by atoms with Gasteiger partial charge in [-0.2, -0.15) is 0 Å². The zero-order valence-electron chi connectivity index (χ0n) is 40.2. The first-order valence-electron chi connectivity index (χ1n) is 23.4.